The Balaban J connectivity index is 2.35. The Morgan fingerprint density at radius 1 is 1.33 bits per heavy atom. The molecule has 0 bridgehead atoms. The van der Waals surface area contributed by atoms with Crippen molar-refractivity contribution < 1.29 is 4.92 Å². The van der Waals surface area contributed by atoms with Crippen LogP contribution in [-0.4, -0.2) is 19.9 Å². The first kappa shape index (κ1) is 11.9. The van der Waals surface area contributed by atoms with Gasteiger partial charge >= 0.3 is 0 Å². The Labute approximate surface area is 106 Å². The zero-order chi connectivity index (χ0) is 13.0. The second kappa shape index (κ2) is 5.20. The van der Waals surface area contributed by atoms with Crippen LogP contribution in [0, 0.1) is 21.4 Å². The van der Waals surface area contributed by atoms with Crippen LogP contribution in [0.4, 0.5) is 5.69 Å². The first-order chi connectivity index (χ1) is 8.70. The van der Waals surface area contributed by atoms with Crippen LogP contribution in [0.1, 0.15) is 5.56 Å². The number of hydrogen-bond donors (Lipinski definition) is 0. The monoisotopic (exact) mass is 259 g/mol. The van der Waals surface area contributed by atoms with Gasteiger partial charge in [0.15, 0.2) is 5.16 Å². The summed E-state index contributed by atoms with van der Waals surface area (Å²) in [5.74, 6) is 0. The Morgan fingerprint density at radius 3 is 2.67 bits per heavy atom. The molecule has 2 rings (SSSR count). The number of nitriles is 1. The molecular formula is C10H5N5O2S. The van der Waals surface area contributed by atoms with Gasteiger partial charge in [-0.1, -0.05) is 0 Å². The van der Waals surface area contributed by atoms with Crippen LogP contribution in [0.3, 0.4) is 0 Å². The van der Waals surface area contributed by atoms with Crippen molar-refractivity contribution in [2.45, 2.75) is 10.2 Å². The number of pyridine rings is 1. The van der Waals surface area contributed by atoms with Crippen LogP contribution in [0.5, 0.6) is 0 Å². The molecule has 88 valence electrons. The van der Waals surface area contributed by atoms with Gasteiger partial charge in [-0.05, 0) is 17.8 Å². The Kier molecular flexibility index (Phi) is 3.45. The van der Waals surface area contributed by atoms with E-state index in [2.05, 4.69) is 15.0 Å². The number of nitro groups is 1. The quantitative estimate of drug-likeness (QED) is 0.470. The van der Waals surface area contributed by atoms with Gasteiger partial charge < -0.3 is 0 Å². The highest BCUT2D eigenvalue weighted by molar-refractivity contribution is 7.99. The minimum Gasteiger partial charge on any atom is -0.258 e. The van der Waals surface area contributed by atoms with E-state index in [1.807, 2.05) is 6.07 Å². The molecule has 2 aromatic heterocycles. The molecule has 0 aromatic carbocycles. The van der Waals surface area contributed by atoms with Crippen molar-refractivity contribution in [2.24, 2.45) is 0 Å². The minimum absolute atomic E-state index is 0.127. The van der Waals surface area contributed by atoms with Crippen LogP contribution in [-0.2, 0) is 0 Å². The van der Waals surface area contributed by atoms with Crippen molar-refractivity contribution in [3.63, 3.8) is 0 Å². The standard InChI is InChI=1S/C10H5N5O2S/c11-5-7-4-8(15(16)17)6-14-9(7)18-10-12-2-1-3-13-10/h1-4,6H. The van der Waals surface area contributed by atoms with Crippen molar-refractivity contribution in [3.8, 4) is 6.07 Å². The number of aromatic nitrogens is 3. The molecule has 0 unspecified atom stereocenters. The second-order valence-electron chi connectivity index (χ2n) is 3.05. The van der Waals surface area contributed by atoms with Gasteiger partial charge in [-0.15, -0.1) is 0 Å². The molecule has 0 aliphatic carbocycles. The summed E-state index contributed by atoms with van der Waals surface area (Å²) in [4.78, 5) is 21.8. The zero-order valence-corrected chi connectivity index (χ0v) is 9.66. The first-order valence-corrected chi connectivity index (χ1v) is 5.52. The van der Waals surface area contributed by atoms with Gasteiger partial charge in [0.1, 0.15) is 17.3 Å². The maximum absolute atomic E-state index is 10.6. The molecular weight excluding hydrogens is 254 g/mol. The first-order valence-electron chi connectivity index (χ1n) is 4.70. The predicted molar refractivity (Wildman–Crippen MR) is 61.8 cm³/mol. The molecule has 0 amide bonds. The zero-order valence-electron chi connectivity index (χ0n) is 8.85. The average Bonchev–Trinajstić information content (AvgIpc) is 2.40. The van der Waals surface area contributed by atoms with E-state index in [4.69, 9.17) is 5.26 Å². The van der Waals surface area contributed by atoms with Crippen molar-refractivity contribution in [2.75, 3.05) is 0 Å². The van der Waals surface area contributed by atoms with Crippen molar-refractivity contribution >= 4 is 17.4 Å². The summed E-state index contributed by atoms with van der Waals surface area (Å²) >= 11 is 1.08. The highest BCUT2D eigenvalue weighted by Gasteiger charge is 2.13. The van der Waals surface area contributed by atoms with E-state index in [1.54, 1.807) is 18.5 Å². The third kappa shape index (κ3) is 2.58. The Bertz CT molecular complexity index is 626. The largest absolute Gasteiger partial charge is 0.288 e. The van der Waals surface area contributed by atoms with Crippen molar-refractivity contribution in [1.29, 1.82) is 5.26 Å². The number of hydrogen-bond acceptors (Lipinski definition) is 7. The molecule has 0 spiro atoms. The molecule has 0 atom stereocenters. The van der Waals surface area contributed by atoms with Gasteiger partial charge in [-0.3, -0.25) is 10.1 Å². The molecule has 7 nitrogen and oxygen atoms in total. The Hall–Kier alpha value is -2.53. The Morgan fingerprint density at radius 2 is 2.06 bits per heavy atom. The van der Waals surface area contributed by atoms with Crippen LogP contribution >= 0.6 is 11.8 Å². The second-order valence-corrected chi connectivity index (χ2v) is 4.00. The average molecular weight is 259 g/mol. The van der Waals surface area contributed by atoms with Gasteiger partial charge in [0.05, 0.1) is 10.5 Å². The van der Waals surface area contributed by atoms with Gasteiger partial charge in [0, 0.05) is 18.5 Å². The fraction of sp³-hybridized carbons (Fsp3) is 0. The molecule has 0 fully saturated rings. The molecule has 2 aromatic rings. The summed E-state index contributed by atoms with van der Waals surface area (Å²) in [6, 6.07) is 4.71. The van der Waals surface area contributed by atoms with Crippen molar-refractivity contribution in [3.05, 3.63) is 46.4 Å². The molecule has 0 saturated carbocycles. The van der Waals surface area contributed by atoms with E-state index in [0.29, 0.717) is 10.2 Å². The minimum atomic E-state index is -0.596. The maximum atomic E-state index is 10.6. The third-order valence-corrected chi connectivity index (χ3v) is 2.81. The molecule has 0 saturated heterocycles. The van der Waals surface area contributed by atoms with E-state index < -0.39 is 4.92 Å². The summed E-state index contributed by atoms with van der Waals surface area (Å²) in [5.41, 5.74) is -0.0912. The van der Waals surface area contributed by atoms with E-state index in [-0.39, 0.29) is 11.3 Å². The molecule has 0 radical (unpaired) electrons. The van der Waals surface area contributed by atoms with Crippen LogP contribution in [0.2, 0.25) is 0 Å². The van der Waals surface area contributed by atoms with E-state index in [9.17, 15) is 10.1 Å². The SMILES string of the molecule is N#Cc1cc([N+](=O)[O-])cnc1Sc1ncccn1. The highest BCUT2D eigenvalue weighted by atomic mass is 32.2. The summed E-state index contributed by atoms with van der Waals surface area (Å²) in [6.07, 6.45) is 4.23. The molecule has 18 heavy (non-hydrogen) atoms. The molecule has 0 N–H and O–H groups in total. The van der Waals surface area contributed by atoms with Gasteiger partial charge in [0.2, 0.25) is 0 Å². The smallest absolute Gasteiger partial charge is 0.258 e. The summed E-state index contributed by atoms with van der Waals surface area (Å²) in [6.45, 7) is 0. The summed E-state index contributed by atoms with van der Waals surface area (Å²) < 4.78 is 0. The van der Waals surface area contributed by atoms with Crippen LogP contribution in [0.25, 0.3) is 0 Å². The molecule has 0 aliphatic heterocycles. The van der Waals surface area contributed by atoms with Crippen LogP contribution < -0.4 is 0 Å². The molecule has 8 heteroatoms. The van der Waals surface area contributed by atoms with E-state index >= 15 is 0 Å². The third-order valence-electron chi connectivity index (χ3n) is 1.90. The lowest BCUT2D eigenvalue weighted by atomic mass is 10.3. The van der Waals surface area contributed by atoms with Gasteiger partial charge in [0.25, 0.3) is 5.69 Å². The fourth-order valence-electron chi connectivity index (χ4n) is 1.13. The number of rotatable bonds is 3. The molecule has 2 heterocycles. The van der Waals surface area contributed by atoms with Crippen molar-refractivity contribution in [1.82, 2.24) is 15.0 Å². The number of nitrogens with zero attached hydrogens (tertiary/aromatic N) is 5. The summed E-state index contributed by atoms with van der Waals surface area (Å²) in [7, 11) is 0. The van der Waals surface area contributed by atoms with Gasteiger partial charge in [-0.2, -0.15) is 5.26 Å². The fourth-order valence-corrected chi connectivity index (χ4v) is 1.85. The normalized spacial score (nSPS) is 9.72. The predicted octanol–water partition coefficient (Wildman–Crippen LogP) is 1.80. The van der Waals surface area contributed by atoms with E-state index in [1.165, 1.54) is 6.07 Å². The maximum Gasteiger partial charge on any atom is 0.288 e. The molecule has 0 aliphatic rings. The summed E-state index contributed by atoms with van der Waals surface area (Å²) in [5, 5.41) is 20.3. The van der Waals surface area contributed by atoms with Crippen LogP contribution in [0.15, 0.2) is 40.9 Å². The lowest BCUT2D eigenvalue weighted by Crippen LogP contribution is -1.94. The highest BCUT2D eigenvalue weighted by Crippen LogP contribution is 2.27. The lowest BCUT2D eigenvalue weighted by molar-refractivity contribution is -0.385. The van der Waals surface area contributed by atoms with Gasteiger partial charge in [-0.25, -0.2) is 15.0 Å². The van der Waals surface area contributed by atoms with E-state index in [0.717, 1.165) is 18.0 Å². The lowest BCUT2D eigenvalue weighted by Gasteiger charge is -2.00. The topological polar surface area (TPSA) is 106 Å².